The molecule has 0 fully saturated rings. The van der Waals surface area contributed by atoms with E-state index < -0.39 is 5.41 Å². The second kappa shape index (κ2) is 12.6. The molecule has 1 radical (unpaired) electrons. The van der Waals surface area contributed by atoms with E-state index >= 15 is 0 Å². The van der Waals surface area contributed by atoms with Crippen LogP contribution in [-0.2, 0) is 25.5 Å². The van der Waals surface area contributed by atoms with Crippen LogP contribution in [0.25, 0.3) is 22.4 Å². The molecule has 1 aliphatic carbocycles. The fourth-order valence-corrected chi connectivity index (χ4v) is 5.23. The zero-order valence-electron chi connectivity index (χ0n) is 21.9. The van der Waals surface area contributed by atoms with Gasteiger partial charge in [0.05, 0.1) is 23.3 Å². The molecule has 6 rings (SSSR count). The minimum atomic E-state index is -0.626. The first-order valence-electron chi connectivity index (χ1n) is 12.8. The summed E-state index contributed by atoms with van der Waals surface area (Å²) in [6, 6.07) is 41.9. The van der Waals surface area contributed by atoms with Crippen molar-refractivity contribution in [1.82, 2.24) is 9.97 Å². The van der Waals surface area contributed by atoms with Gasteiger partial charge in [0.1, 0.15) is 0 Å². The van der Waals surface area contributed by atoms with Crippen LogP contribution >= 0.6 is 0 Å². The fraction of sp³-hybridized carbons (Fsp3) is 0.176. The van der Waals surface area contributed by atoms with E-state index in [4.69, 9.17) is 20.2 Å². The van der Waals surface area contributed by atoms with Gasteiger partial charge >= 0.3 is 0 Å². The first kappa shape index (κ1) is 28.5. The quantitative estimate of drug-likeness (QED) is 0.210. The molecule has 3 aromatic carbocycles. The molecule has 2 unspecified atom stereocenters. The summed E-state index contributed by atoms with van der Waals surface area (Å²) in [6.45, 7) is 3.32. The average Bonchev–Trinajstić information content (AvgIpc) is 3.25. The predicted molar refractivity (Wildman–Crippen MR) is 150 cm³/mol. The molecule has 4 nitrogen and oxygen atoms in total. The van der Waals surface area contributed by atoms with Crippen LogP contribution in [0.2, 0.25) is 0 Å². The number of aliphatic hydroxyl groups excluding tert-OH is 2. The van der Waals surface area contributed by atoms with Crippen molar-refractivity contribution in [1.29, 1.82) is 0 Å². The van der Waals surface area contributed by atoms with E-state index in [1.807, 2.05) is 54.7 Å². The van der Waals surface area contributed by atoms with Crippen LogP contribution in [-0.4, -0.2) is 32.4 Å². The van der Waals surface area contributed by atoms with Crippen LogP contribution in [0.3, 0.4) is 0 Å². The van der Waals surface area contributed by atoms with Gasteiger partial charge in [-0.1, -0.05) is 42.5 Å². The molecule has 0 amide bonds. The van der Waals surface area contributed by atoms with E-state index in [0.29, 0.717) is 6.42 Å². The maximum atomic E-state index is 8.56. The SMILES string of the molecule is CC(O)CC(C)O.[Ir].[c-]1ccccc1-c1cccc([C@@]2(c3[c-]cccc3)c3ccccc3-c3cccnc32)n1. The van der Waals surface area contributed by atoms with Gasteiger partial charge in [-0.15, -0.1) is 41.5 Å². The third kappa shape index (κ3) is 5.63. The predicted octanol–water partition coefficient (Wildman–Crippen LogP) is 6.24. The van der Waals surface area contributed by atoms with E-state index in [2.05, 4.69) is 66.7 Å². The normalized spacial score (nSPS) is 16.5. The topological polar surface area (TPSA) is 66.2 Å². The molecule has 0 saturated heterocycles. The Balaban J connectivity index is 0.000000394. The van der Waals surface area contributed by atoms with Gasteiger partial charge in [0.2, 0.25) is 0 Å². The Morgan fingerprint density at radius 1 is 0.744 bits per heavy atom. The van der Waals surface area contributed by atoms with E-state index in [9.17, 15) is 0 Å². The molecule has 1 aliphatic rings. The van der Waals surface area contributed by atoms with Crippen molar-refractivity contribution in [3.8, 4) is 22.4 Å². The second-order valence-corrected chi connectivity index (χ2v) is 9.59. The Morgan fingerprint density at radius 2 is 1.44 bits per heavy atom. The van der Waals surface area contributed by atoms with Crippen LogP contribution in [0.5, 0.6) is 0 Å². The first-order chi connectivity index (χ1) is 18.5. The van der Waals surface area contributed by atoms with Gasteiger partial charge in [-0.05, 0) is 49.2 Å². The van der Waals surface area contributed by atoms with Crippen LogP contribution in [0.4, 0.5) is 0 Å². The molecular weight excluding hydrogens is 661 g/mol. The van der Waals surface area contributed by atoms with Gasteiger partial charge in [-0.3, -0.25) is 9.97 Å². The Labute approximate surface area is 243 Å². The third-order valence-electron chi connectivity index (χ3n) is 6.70. The molecule has 0 saturated carbocycles. The number of aromatic nitrogens is 2. The summed E-state index contributed by atoms with van der Waals surface area (Å²) in [5, 5.41) is 17.1. The van der Waals surface area contributed by atoms with E-state index in [-0.39, 0.29) is 32.3 Å². The summed E-state index contributed by atoms with van der Waals surface area (Å²) in [5.41, 5.74) is 7.76. The monoisotopic (exact) mass is 691 g/mol. The zero-order chi connectivity index (χ0) is 26.5. The zero-order valence-corrected chi connectivity index (χ0v) is 24.3. The Hall–Kier alpha value is -3.47. The largest absolute Gasteiger partial charge is 0.393 e. The molecule has 5 aromatic rings. The standard InChI is InChI=1S/C29H18N2.C5H12O2.Ir/c1-3-11-21(12-4-1)26-18-9-19-27(31-26)29(22-13-5-2-6-14-22)25-17-8-7-15-23(25)24-16-10-20-30-28(24)29;1-4(6)3-5(2)7;/h1-11,13,15-20H;4-7H,3H2,1-2H3;/q-2;;/t29-;;/m1../s1. The molecule has 2 N–H and O–H groups in total. The number of hydrogen-bond donors (Lipinski definition) is 2. The Kier molecular flexibility index (Phi) is 9.21. The Morgan fingerprint density at radius 3 is 2.10 bits per heavy atom. The number of rotatable bonds is 5. The number of pyridine rings is 2. The molecule has 2 heterocycles. The fourth-order valence-electron chi connectivity index (χ4n) is 5.23. The molecule has 2 aromatic heterocycles. The van der Waals surface area contributed by atoms with Crippen molar-refractivity contribution in [2.75, 3.05) is 0 Å². The maximum Gasteiger partial charge on any atom is 0.0825 e. The molecule has 39 heavy (non-hydrogen) atoms. The van der Waals surface area contributed by atoms with Gasteiger partial charge in [-0.2, -0.15) is 30.3 Å². The van der Waals surface area contributed by atoms with Gasteiger partial charge in [0.15, 0.2) is 0 Å². The summed E-state index contributed by atoms with van der Waals surface area (Å²) in [5.74, 6) is 0. The number of aliphatic hydroxyl groups is 2. The van der Waals surface area contributed by atoms with Crippen molar-refractivity contribution < 1.29 is 30.3 Å². The minimum absolute atomic E-state index is 0. The van der Waals surface area contributed by atoms with Gasteiger partial charge in [0, 0.05) is 37.6 Å². The van der Waals surface area contributed by atoms with Gasteiger partial charge in [-0.25, -0.2) is 0 Å². The summed E-state index contributed by atoms with van der Waals surface area (Å²) < 4.78 is 0. The summed E-state index contributed by atoms with van der Waals surface area (Å²) in [6.07, 6.45) is 1.59. The van der Waals surface area contributed by atoms with Crippen molar-refractivity contribution >= 4 is 0 Å². The van der Waals surface area contributed by atoms with Crippen molar-refractivity contribution in [3.05, 3.63) is 144 Å². The molecule has 0 bridgehead atoms. The minimum Gasteiger partial charge on any atom is -0.393 e. The van der Waals surface area contributed by atoms with Crippen molar-refractivity contribution in [2.45, 2.75) is 37.9 Å². The molecule has 3 atom stereocenters. The number of hydrogen-bond acceptors (Lipinski definition) is 4. The molecule has 199 valence electrons. The third-order valence-corrected chi connectivity index (χ3v) is 6.70. The number of benzene rings is 3. The van der Waals surface area contributed by atoms with E-state index in [0.717, 1.165) is 33.8 Å². The van der Waals surface area contributed by atoms with Crippen molar-refractivity contribution in [3.63, 3.8) is 0 Å². The molecule has 0 aliphatic heterocycles. The average molecular weight is 691 g/mol. The number of fused-ring (bicyclic) bond motifs is 3. The van der Waals surface area contributed by atoms with Crippen molar-refractivity contribution in [2.24, 2.45) is 0 Å². The Bertz CT molecular complexity index is 1450. The van der Waals surface area contributed by atoms with Crippen LogP contribution in [0.15, 0.2) is 109 Å². The van der Waals surface area contributed by atoms with Gasteiger partial charge < -0.3 is 10.2 Å². The second-order valence-electron chi connectivity index (χ2n) is 9.59. The number of nitrogens with zero attached hydrogens (tertiary/aromatic N) is 2. The molecule has 5 heteroatoms. The van der Waals surface area contributed by atoms with E-state index in [1.165, 1.54) is 11.1 Å². The molecular formula is C34H30IrN2O2-2. The summed E-state index contributed by atoms with van der Waals surface area (Å²) >= 11 is 0. The first-order valence-corrected chi connectivity index (χ1v) is 12.8. The van der Waals surface area contributed by atoms with Gasteiger partial charge in [0.25, 0.3) is 0 Å². The van der Waals surface area contributed by atoms with E-state index in [1.54, 1.807) is 13.8 Å². The summed E-state index contributed by atoms with van der Waals surface area (Å²) in [7, 11) is 0. The molecule has 0 spiro atoms. The smallest absolute Gasteiger partial charge is 0.0825 e. The van der Waals surface area contributed by atoms with Crippen LogP contribution < -0.4 is 0 Å². The van der Waals surface area contributed by atoms with Crippen LogP contribution in [0, 0.1) is 12.1 Å². The maximum absolute atomic E-state index is 8.56. The van der Waals surface area contributed by atoms with Crippen LogP contribution in [0.1, 0.15) is 42.8 Å². The summed E-state index contributed by atoms with van der Waals surface area (Å²) in [4.78, 5) is 10.1.